The molecule has 0 bridgehead atoms. The Morgan fingerprint density at radius 1 is 1.65 bits per heavy atom. The summed E-state index contributed by atoms with van der Waals surface area (Å²) >= 11 is 0. The molecule has 0 spiro atoms. The van der Waals surface area contributed by atoms with Crippen LogP contribution < -0.4 is 5.32 Å². The van der Waals surface area contributed by atoms with Crippen LogP contribution in [-0.2, 0) is 11.4 Å². The number of carbonyl (C=O) groups excluding carboxylic acids is 1. The molecule has 6 nitrogen and oxygen atoms in total. The Morgan fingerprint density at radius 2 is 2.29 bits per heavy atom. The van der Waals surface area contributed by atoms with Gasteiger partial charge in [-0.3, -0.25) is 4.79 Å². The smallest absolute Gasteiger partial charge is 0.245 e. The molecule has 6 heteroatoms. The van der Waals surface area contributed by atoms with Gasteiger partial charge in [0.1, 0.15) is 11.7 Å². The molecule has 0 saturated carbocycles. The van der Waals surface area contributed by atoms with Crippen molar-refractivity contribution >= 4 is 5.91 Å². The second kappa shape index (κ2) is 5.27. The van der Waals surface area contributed by atoms with Gasteiger partial charge in [-0.25, -0.2) is 4.68 Å². The third-order valence-electron chi connectivity index (χ3n) is 2.84. The van der Waals surface area contributed by atoms with E-state index in [1.165, 1.54) is 4.68 Å². The summed E-state index contributed by atoms with van der Waals surface area (Å²) in [5, 5.41) is 19.4. The number of nitrogens with zero attached hydrogens (tertiary/aromatic N) is 3. The van der Waals surface area contributed by atoms with E-state index in [1.807, 2.05) is 20.8 Å². The van der Waals surface area contributed by atoms with Crippen LogP contribution in [-0.4, -0.2) is 31.5 Å². The Bertz CT molecular complexity index is 387. The van der Waals surface area contributed by atoms with Gasteiger partial charge in [-0.2, -0.15) is 0 Å². The second-order valence-electron chi connectivity index (χ2n) is 4.75. The van der Waals surface area contributed by atoms with E-state index in [9.17, 15) is 4.79 Å². The van der Waals surface area contributed by atoms with Crippen LogP contribution in [0.25, 0.3) is 0 Å². The lowest BCUT2D eigenvalue weighted by Crippen LogP contribution is -2.45. The molecule has 0 aliphatic heterocycles. The number of aliphatic hydroxyl groups is 1. The van der Waals surface area contributed by atoms with Gasteiger partial charge in [0.2, 0.25) is 5.91 Å². The van der Waals surface area contributed by atoms with Crippen molar-refractivity contribution in [2.45, 2.75) is 52.3 Å². The van der Waals surface area contributed by atoms with Crippen LogP contribution >= 0.6 is 0 Å². The number of aromatic nitrogens is 3. The average Bonchev–Trinajstić information content (AvgIpc) is 2.76. The maximum absolute atomic E-state index is 12.0. The van der Waals surface area contributed by atoms with Gasteiger partial charge in [0.05, 0.1) is 12.8 Å². The van der Waals surface area contributed by atoms with Gasteiger partial charge in [0.25, 0.3) is 0 Å². The van der Waals surface area contributed by atoms with Gasteiger partial charge in [0.15, 0.2) is 0 Å². The van der Waals surface area contributed by atoms with Crippen molar-refractivity contribution in [2.75, 3.05) is 0 Å². The normalized spacial score (nSPS) is 13.5. The van der Waals surface area contributed by atoms with Crippen LogP contribution in [0, 0.1) is 0 Å². The Kier molecular flexibility index (Phi) is 4.22. The number of nitrogens with one attached hydrogen (secondary N) is 1. The lowest BCUT2D eigenvalue weighted by Gasteiger charge is -2.26. The molecule has 1 atom stereocenters. The van der Waals surface area contributed by atoms with Crippen LogP contribution in [0.1, 0.15) is 45.9 Å². The first kappa shape index (κ1) is 13.6. The summed E-state index contributed by atoms with van der Waals surface area (Å²) in [5.74, 6) is -0.105. The summed E-state index contributed by atoms with van der Waals surface area (Å²) in [6.45, 7) is 7.53. The van der Waals surface area contributed by atoms with Crippen molar-refractivity contribution in [2.24, 2.45) is 0 Å². The number of carbonyl (C=O) groups is 1. The van der Waals surface area contributed by atoms with E-state index >= 15 is 0 Å². The summed E-state index contributed by atoms with van der Waals surface area (Å²) in [4.78, 5) is 12.0. The van der Waals surface area contributed by atoms with Crippen molar-refractivity contribution < 1.29 is 9.90 Å². The predicted octanol–water partition coefficient (Wildman–Crippen LogP) is 0.636. The van der Waals surface area contributed by atoms with Gasteiger partial charge in [-0.1, -0.05) is 12.1 Å². The summed E-state index contributed by atoms with van der Waals surface area (Å²) in [6, 6.07) is -0.436. The fourth-order valence-electron chi connectivity index (χ4n) is 1.22. The number of hydrogen-bond donors (Lipinski definition) is 2. The molecule has 1 aromatic rings. The average molecular weight is 240 g/mol. The fraction of sp³-hybridized carbons (Fsp3) is 0.727. The number of amides is 1. The Morgan fingerprint density at radius 3 is 2.76 bits per heavy atom. The molecule has 96 valence electrons. The van der Waals surface area contributed by atoms with Gasteiger partial charge >= 0.3 is 0 Å². The quantitative estimate of drug-likeness (QED) is 0.791. The van der Waals surface area contributed by atoms with Crippen molar-refractivity contribution in [3.05, 3.63) is 11.9 Å². The van der Waals surface area contributed by atoms with Crippen LogP contribution in [0.4, 0.5) is 0 Å². The molecule has 1 heterocycles. The minimum Gasteiger partial charge on any atom is -0.390 e. The largest absolute Gasteiger partial charge is 0.390 e. The van der Waals surface area contributed by atoms with Gasteiger partial charge in [-0.05, 0) is 27.2 Å². The van der Waals surface area contributed by atoms with Crippen molar-refractivity contribution in [3.8, 4) is 0 Å². The van der Waals surface area contributed by atoms with Crippen LogP contribution in [0.3, 0.4) is 0 Å². The zero-order chi connectivity index (χ0) is 13.1. The van der Waals surface area contributed by atoms with E-state index in [-0.39, 0.29) is 18.1 Å². The molecular formula is C11H20N4O2. The topological polar surface area (TPSA) is 80.0 Å². The molecular weight excluding hydrogens is 220 g/mol. The first-order valence-corrected chi connectivity index (χ1v) is 5.73. The van der Waals surface area contributed by atoms with Crippen molar-refractivity contribution in [1.29, 1.82) is 0 Å². The molecule has 0 aromatic carbocycles. The Labute approximate surface area is 101 Å². The van der Waals surface area contributed by atoms with Crippen LogP contribution in [0.5, 0.6) is 0 Å². The first-order valence-electron chi connectivity index (χ1n) is 5.73. The highest BCUT2D eigenvalue weighted by Gasteiger charge is 2.23. The molecule has 0 aliphatic rings. The van der Waals surface area contributed by atoms with Crippen LogP contribution in [0.15, 0.2) is 6.20 Å². The number of rotatable bonds is 5. The van der Waals surface area contributed by atoms with E-state index in [4.69, 9.17) is 5.11 Å². The van der Waals surface area contributed by atoms with E-state index in [1.54, 1.807) is 13.1 Å². The van der Waals surface area contributed by atoms with E-state index in [0.717, 1.165) is 6.42 Å². The predicted molar refractivity (Wildman–Crippen MR) is 63.2 cm³/mol. The van der Waals surface area contributed by atoms with Crippen molar-refractivity contribution in [1.82, 2.24) is 20.3 Å². The van der Waals surface area contributed by atoms with Crippen LogP contribution in [0.2, 0.25) is 0 Å². The Balaban J connectivity index is 2.69. The van der Waals surface area contributed by atoms with Gasteiger partial charge in [0, 0.05) is 5.54 Å². The van der Waals surface area contributed by atoms with Gasteiger partial charge < -0.3 is 10.4 Å². The maximum Gasteiger partial charge on any atom is 0.245 e. The SMILES string of the molecule is CCC(C)(C)NC(=O)C(C)n1cc(CO)nn1. The molecule has 0 saturated heterocycles. The highest BCUT2D eigenvalue weighted by Crippen LogP contribution is 2.11. The van der Waals surface area contributed by atoms with E-state index in [0.29, 0.717) is 5.69 Å². The zero-order valence-electron chi connectivity index (χ0n) is 10.8. The van der Waals surface area contributed by atoms with E-state index in [2.05, 4.69) is 15.6 Å². The lowest BCUT2D eigenvalue weighted by molar-refractivity contribution is -0.125. The maximum atomic E-state index is 12.0. The third-order valence-corrected chi connectivity index (χ3v) is 2.84. The standard InChI is InChI=1S/C11H20N4O2/c1-5-11(3,4)12-10(17)8(2)15-6-9(7-16)13-14-15/h6,8,16H,5,7H2,1-4H3,(H,12,17). The first-order chi connectivity index (χ1) is 7.89. The highest BCUT2D eigenvalue weighted by molar-refractivity contribution is 5.80. The number of aliphatic hydroxyl groups excluding tert-OH is 1. The molecule has 1 amide bonds. The van der Waals surface area contributed by atoms with Crippen molar-refractivity contribution in [3.63, 3.8) is 0 Å². The molecule has 0 radical (unpaired) electrons. The summed E-state index contributed by atoms with van der Waals surface area (Å²) in [6.07, 6.45) is 2.42. The minimum absolute atomic E-state index is 0.105. The summed E-state index contributed by atoms with van der Waals surface area (Å²) in [5.41, 5.74) is 0.227. The monoisotopic (exact) mass is 240 g/mol. The zero-order valence-corrected chi connectivity index (χ0v) is 10.8. The summed E-state index contributed by atoms with van der Waals surface area (Å²) < 4.78 is 1.45. The van der Waals surface area contributed by atoms with E-state index < -0.39 is 6.04 Å². The molecule has 2 N–H and O–H groups in total. The lowest BCUT2D eigenvalue weighted by atomic mass is 10.0. The number of hydrogen-bond acceptors (Lipinski definition) is 4. The van der Waals surface area contributed by atoms with Gasteiger partial charge in [-0.15, -0.1) is 5.10 Å². The minimum atomic E-state index is -0.436. The molecule has 17 heavy (non-hydrogen) atoms. The third kappa shape index (κ3) is 3.52. The molecule has 1 aromatic heterocycles. The molecule has 0 aliphatic carbocycles. The molecule has 1 unspecified atom stereocenters. The highest BCUT2D eigenvalue weighted by atomic mass is 16.3. The fourth-order valence-corrected chi connectivity index (χ4v) is 1.22. The second-order valence-corrected chi connectivity index (χ2v) is 4.75. The molecule has 0 fully saturated rings. The Hall–Kier alpha value is -1.43. The summed E-state index contributed by atoms with van der Waals surface area (Å²) in [7, 11) is 0. The molecule has 1 rings (SSSR count).